The van der Waals surface area contributed by atoms with Crippen LogP contribution in [-0.4, -0.2) is 14.2 Å². The Labute approximate surface area is 127 Å². The number of rotatable bonds is 3. The molecule has 0 saturated heterocycles. The first-order valence-corrected chi connectivity index (χ1v) is 7.27. The maximum atomic E-state index is 5.34. The Bertz CT molecular complexity index is 620. The molecule has 0 aromatic heterocycles. The molecule has 2 aromatic carbocycles. The summed E-state index contributed by atoms with van der Waals surface area (Å²) >= 11 is 3.51. The van der Waals surface area contributed by atoms with Crippen LogP contribution in [0, 0.1) is 0 Å². The summed E-state index contributed by atoms with van der Waals surface area (Å²) in [5, 5.41) is 3.55. The number of methoxy groups -OCH3 is 2. The molecule has 2 aromatic rings. The molecule has 0 aliphatic carbocycles. The topological polar surface area (TPSA) is 30.5 Å². The molecule has 1 heterocycles. The fourth-order valence-electron chi connectivity index (χ4n) is 2.55. The van der Waals surface area contributed by atoms with Gasteiger partial charge in [-0.15, -0.1) is 0 Å². The Morgan fingerprint density at radius 3 is 2.40 bits per heavy atom. The second-order valence-corrected chi connectivity index (χ2v) is 5.76. The summed E-state index contributed by atoms with van der Waals surface area (Å²) in [6, 6.07) is 12.6. The van der Waals surface area contributed by atoms with E-state index < -0.39 is 0 Å². The van der Waals surface area contributed by atoms with Crippen LogP contribution >= 0.6 is 15.9 Å². The van der Waals surface area contributed by atoms with Gasteiger partial charge in [-0.2, -0.15) is 0 Å². The fraction of sp³-hybridized carbons (Fsp3) is 0.250. The normalized spacial score (nSPS) is 16.4. The van der Waals surface area contributed by atoms with E-state index in [1.54, 1.807) is 14.2 Å². The lowest BCUT2D eigenvalue weighted by Gasteiger charge is -2.14. The molecule has 20 heavy (non-hydrogen) atoms. The second-order valence-electron chi connectivity index (χ2n) is 4.85. The Balaban J connectivity index is 1.92. The summed E-state index contributed by atoms with van der Waals surface area (Å²) in [4.78, 5) is 0. The number of benzene rings is 2. The molecule has 4 heteroatoms. The molecule has 3 nitrogen and oxygen atoms in total. The minimum atomic E-state index is 0.253. The molecule has 0 fully saturated rings. The molecular weight excluding hydrogens is 318 g/mol. The van der Waals surface area contributed by atoms with Gasteiger partial charge < -0.3 is 14.8 Å². The standard InChI is InChI=1S/C16H16BrNO2/c1-19-13-5-11(6-14(9-13)20-2)15-7-10-3-4-12(17)8-16(10)18-15/h3-6,8-9,15,18H,7H2,1-2H3. The minimum Gasteiger partial charge on any atom is -0.497 e. The molecule has 1 N–H and O–H groups in total. The SMILES string of the molecule is COc1cc(OC)cc(C2Cc3ccc(Br)cc3N2)c1. The van der Waals surface area contributed by atoms with E-state index >= 15 is 0 Å². The summed E-state index contributed by atoms with van der Waals surface area (Å²) in [6.45, 7) is 0. The van der Waals surface area contributed by atoms with E-state index in [0.29, 0.717) is 0 Å². The summed E-state index contributed by atoms with van der Waals surface area (Å²) in [5.41, 5.74) is 3.69. The van der Waals surface area contributed by atoms with Crippen molar-refractivity contribution in [3.63, 3.8) is 0 Å². The van der Waals surface area contributed by atoms with Gasteiger partial charge in [-0.3, -0.25) is 0 Å². The Morgan fingerprint density at radius 1 is 1.05 bits per heavy atom. The van der Waals surface area contributed by atoms with Crippen molar-refractivity contribution in [1.82, 2.24) is 0 Å². The first kappa shape index (κ1) is 13.3. The van der Waals surface area contributed by atoms with Crippen molar-refractivity contribution < 1.29 is 9.47 Å². The van der Waals surface area contributed by atoms with Crippen molar-refractivity contribution in [2.75, 3.05) is 19.5 Å². The Kier molecular flexibility index (Phi) is 3.57. The third-order valence-corrected chi connectivity index (χ3v) is 4.10. The molecule has 1 aliphatic heterocycles. The highest BCUT2D eigenvalue weighted by Gasteiger charge is 2.23. The van der Waals surface area contributed by atoms with Crippen LogP contribution in [0.25, 0.3) is 0 Å². The van der Waals surface area contributed by atoms with Gasteiger partial charge in [0.2, 0.25) is 0 Å². The van der Waals surface area contributed by atoms with Crippen molar-refractivity contribution in [2.24, 2.45) is 0 Å². The molecule has 3 rings (SSSR count). The third kappa shape index (κ3) is 2.48. The molecule has 1 unspecified atom stereocenters. The molecule has 0 radical (unpaired) electrons. The number of hydrogen-bond acceptors (Lipinski definition) is 3. The van der Waals surface area contributed by atoms with E-state index in [4.69, 9.17) is 9.47 Å². The monoisotopic (exact) mass is 333 g/mol. The third-order valence-electron chi connectivity index (χ3n) is 3.60. The van der Waals surface area contributed by atoms with E-state index in [2.05, 4.69) is 51.6 Å². The van der Waals surface area contributed by atoms with Crippen LogP contribution < -0.4 is 14.8 Å². The van der Waals surface area contributed by atoms with Crippen molar-refractivity contribution in [1.29, 1.82) is 0 Å². The van der Waals surface area contributed by atoms with Crippen LogP contribution in [0.3, 0.4) is 0 Å². The number of anilines is 1. The number of hydrogen-bond donors (Lipinski definition) is 1. The fourth-order valence-corrected chi connectivity index (χ4v) is 2.91. The summed E-state index contributed by atoms with van der Waals surface area (Å²) in [5.74, 6) is 1.64. The van der Waals surface area contributed by atoms with E-state index in [9.17, 15) is 0 Å². The van der Waals surface area contributed by atoms with Gasteiger partial charge in [0.1, 0.15) is 11.5 Å². The van der Waals surface area contributed by atoms with Crippen LogP contribution in [0.4, 0.5) is 5.69 Å². The van der Waals surface area contributed by atoms with E-state index in [-0.39, 0.29) is 6.04 Å². The molecule has 0 bridgehead atoms. The van der Waals surface area contributed by atoms with Crippen LogP contribution in [0.1, 0.15) is 17.2 Å². The second kappa shape index (κ2) is 5.37. The molecule has 1 atom stereocenters. The van der Waals surface area contributed by atoms with Gasteiger partial charge in [-0.1, -0.05) is 22.0 Å². The van der Waals surface area contributed by atoms with E-state index in [1.165, 1.54) is 16.8 Å². The average molecular weight is 334 g/mol. The lowest BCUT2D eigenvalue weighted by Crippen LogP contribution is -2.06. The summed E-state index contributed by atoms with van der Waals surface area (Å²) in [7, 11) is 3.35. The van der Waals surface area contributed by atoms with Gasteiger partial charge in [0.15, 0.2) is 0 Å². The molecular formula is C16H16BrNO2. The van der Waals surface area contributed by atoms with Crippen molar-refractivity contribution in [2.45, 2.75) is 12.5 Å². The molecule has 104 valence electrons. The number of ether oxygens (including phenoxy) is 2. The van der Waals surface area contributed by atoms with Crippen molar-refractivity contribution >= 4 is 21.6 Å². The van der Waals surface area contributed by atoms with Gasteiger partial charge in [-0.05, 0) is 41.8 Å². The van der Waals surface area contributed by atoms with Gasteiger partial charge >= 0.3 is 0 Å². The highest BCUT2D eigenvalue weighted by atomic mass is 79.9. The average Bonchev–Trinajstić information content (AvgIpc) is 2.89. The van der Waals surface area contributed by atoms with Gasteiger partial charge in [0.25, 0.3) is 0 Å². The molecule has 0 saturated carbocycles. The lowest BCUT2D eigenvalue weighted by atomic mass is 10.0. The predicted molar refractivity (Wildman–Crippen MR) is 83.8 cm³/mol. The smallest absolute Gasteiger partial charge is 0.122 e. The van der Waals surface area contributed by atoms with Gasteiger partial charge in [-0.25, -0.2) is 0 Å². The Hall–Kier alpha value is -1.68. The zero-order valence-corrected chi connectivity index (χ0v) is 13.0. The number of nitrogens with one attached hydrogen (secondary N) is 1. The first-order chi connectivity index (χ1) is 9.69. The Morgan fingerprint density at radius 2 is 1.75 bits per heavy atom. The quantitative estimate of drug-likeness (QED) is 0.914. The highest BCUT2D eigenvalue weighted by molar-refractivity contribution is 9.10. The highest BCUT2D eigenvalue weighted by Crippen LogP contribution is 2.37. The maximum Gasteiger partial charge on any atom is 0.122 e. The maximum absolute atomic E-state index is 5.34. The zero-order chi connectivity index (χ0) is 14.1. The zero-order valence-electron chi connectivity index (χ0n) is 11.4. The van der Waals surface area contributed by atoms with Crippen LogP contribution in [0.15, 0.2) is 40.9 Å². The predicted octanol–water partition coefficient (Wildman–Crippen LogP) is 4.18. The van der Waals surface area contributed by atoms with Crippen LogP contribution in [-0.2, 0) is 6.42 Å². The van der Waals surface area contributed by atoms with E-state index in [0.717, 1.165) is 22.4 Å². The van der Waals surface area contributed by atoms with Crippen LogP contribution in [0.2, 0.25) is 0 Å². The van der Waals surface area contributed by atoms with Gasteiger partial charge in [0, 0.05) is 16.2 Å². The van der Waals surface area contributed by atoms with Crippen LogP contribution in [0.5, 0.6) is 11.5 Å². The molecule has 0 amide bonds. The van der Waals surface area contributed by atoms with Gasteiger partial charge in [0.05, 0.1) is 20.3 Å². The molecule has 0 spiro atoms. The lowest BCUT2D eigenvalue weighted by molar-refractivity contribution is 0.393. The molecule has 1 aliphatic rings. The van der Waals surface area contributed by atoms with Crippen molar-refractivity contribution in [3.05, 3.63) is 52.0 Å². The largest absolute Gasteiger partial charge is 0.497 e. The van der Waals surface area contributed by atoms with E-state index in [1.807, 2.05) is 6.07 Å². The first-order valence-electron chi connectivity index (χ1n) is 6.47. The summed E-state index contributed by atoms with van der Waals surface area (Å²) in [6.07, 6.45) is 0.971. The van der Waals surface area contributed by atoms with Crippen molar-refractivity contribution in [3.8, 4) is 11.5 Å². The number of fused-ring (bicyclic) bond motifs is 1. The number of halogens is 1. The summed E-state index contributed by atoms with van der Waals surface area (Å²) < 4.78 is 11.8. The minimum absolute atomic E-state index is 0.253.